The lowest BCUT2D eigenvalue weighted by molar-refractivity contribution is -0.112. The fourth-order valence-electron chi connectivity index (χ4n) is 2.96. The van der Waals surface area contributed by atoms with E-state index in [-0.39, 0.29) is 5.71 Å². The minimum atomic E-state index is -3.61. The molecule has 1 fully saturated rings. The number of hydrogen-bond acceptors (Lipinski definition) is 4. The molecule has 1 aliphatic heterocycles. The van der Waals surface area contributed by atoms with Crippen LogP contribution in [0.3, 0.4) is 0 Å². The van der Waals surface area contributed by atoms with Crippen LogP contribution in [-0.4, -0.2) is 31.5 Å². The van der Waals surface area contributed by atoms with Gasteiger partial charge in [0.15, 0.2) is 9.84 Å². The summed E-state index contributed by atoms with van der Waals surface area (Å²) in [4.78, 5) is 14.0. The van der Waals surface area contributed by atoms with Gasteiger partial charge in [0.05, 0.1) is 6.04 Å². The predicted molar refractivity (Wildman–Crippen MR) is 89.5 cm³/mol. The summed E-state index contributed by atoms with van der Waals surface area (Å²) < 4.78 is 24.5. The van der Waals surface area contributed by atoms with Gasteiger partial charge in [-0.1, -0.05) is 48.5 Å². The number of nitrogens with zero attached hydrogens (tertiary/aromatic N) is 1. The third kappa shape index (κ3) is 2.66. The molecule has 1 heterocycles. The van der Waals surface area contributed by atoms with Crippen molar-refractivity contribution in [1.29, 1.82) is 5.41 Å². The van der Waals surface area contributed by atoms with Crippen LogP contribution in [0.25, 0.3) is 0 Å². The summed E-state index contributed by atoms with van der Waals surface area (Å²) >= 11 is 0. The number of carbonyl (C=O) groups is 1. The maximum Gasteiger partial charge on any atom is 0.274 e. The maximum atomic E-state index is 12.6. The Kier molecular flexibility index (Phi) is 3.77. The average molecular weight is 328 g/mol. The van der Waals surface area contributed by atoms with Crippen molar-refractivity contribution in [2.45, 2.75) is 11.3 Å². The summed E-state index contributed by atoms with van der Waals surface area (Å²) in [6.07, 6.45) is 1.07. The third-order valence-corrected chi connectivity index (χ3v) is 5.35. The Labute approximate surface area is 135 Å². The summed E-state index contributed by atoms with van der Waals surface area (Å²) in [7, 11) is -3.61. The lowest BCUT2D eigenvalue weighted by Gasteiger charge is -2.27. The normalized spacial score (nSPS) is 21.7. The van der Waals surface area contributed by atoms with Gasteiger partial charge in [0, 0.05) is 11.9 Å². The molecule has 1 aliphatic rings. The van der Waals surface area contributed by atoms with Crippen molar-refractivity contribution in [3.63, 3.8) is 0 Å². The molecular weight excluding hydrogens is 312 g/mol. The maximum absolute atomic E-state index is 12.6. The molecule has 0 radical (unpaired) electrons. The second kappa shape index (κ2) is 5.62. The molecule has 23 heavy (non-hydrogen) atoms. The van der Waals surface area contributed by atoms with Gasteiger partial charge in [0.1, 0.15) is 11.0 Å². The Hall–Kier alpha value is -2.47. The summed E-state index contributed by atoms with van der Waals surface area (Å²) in [6, 6.07) is 17.1. The van der Waals surface area contributed by atoms with E-state index in [1.165, 1.54) is 4.90 Å². The van der Waals surface area contributed by atoms with E-state index in [0.29, 0.717) is 11.3 Å². The van der Waals surface area contributed by atoms with Crippen LogP contribution in [0.15, 0.2) is 60.7 Å². The molecule has 0 unspecified atom stereocenters. The van der Waals surface area contributed by atoms with Crippen LogP contribution in [0.5, 0.6) is 0 Å². The van der Waals surface area contributed by atoms with Crippen molar-refractivity contribution in [2.75, 3.05) is 11.2 Å². The second-order valence-electron chi connectivity index (χ2n) is 5.53. The van der Waals surface area contributed by atoms with Crippen LogP contribution in [0.2, 0.25) is 0 Å². The lowest BCUT2D eigenvalue weighted by Crippen LogP contribution is -2.33. The van der Waals surface area contributed by atoms with Gasteiger partial charge in [0.2, 0.25) is 0 Å². The molecule has 2 atom stereocenters. The van der Waals surface area contributed by atoms with Crippen LogP contribution >= 0.6 is 0 Å². The number of rotatable bonds is 3. The molecule has 1 N–H and O–H groups in total. The highest BCUT2D eigenvalue weighted by Crippen LogP contribution is 2.38. The van der Waals surface area contributed by atoms with Crippen LogP contribution in [-0.2, 0) is 14.6 Å². The molecule has 2 aromatic carbocycles. The first kappa shape index (κ1) is 15.4. The SMILES string of the molecule is CS(=O)(=O)[C@@H]1C(=N)C(=O)N(c2ccccc2)[C@@H]1c1ccccc1. The van der Waals surface area contributed by atoms with Gasteiger partial charge in [-0.25, -0.2) is 8.42 Å². The standard InChI is InChI=1S/C17H16N2O3S/c1-23(21,22)16-14(18)17(20)19(13-10-6-3-7-11-13)15(16)12-8-4-2-5-9-12/h2-11,15-16,18H,1H3/t15-,16-/m1/s1. The second-order valence-corrected chi connectivity index (χ2v) is 7.70. The fourth-order valence-corrected chi connectivity index (χ4v) is 4.24. The molecule has 6 heteroatoms. The Morgan fingerprint density at radius 3 is 2.00 bits per heavy atom. The van der Waals surface area contributed by atoms with Crippen LogP contribution in [0, 0.1) is 5.41 Å². The van der Waals surface area contributed by atoms with E-state index in [0.717, 1.165) is 6.26 Å². The van der Waals surface area contributed by atoms with E-state index < -0.39 is 27.0 Å². The average Bonchev–Trinajstić information content (AvgIpc) is 2.81. The third-order valence-electron chi connectivity index (χ3n) is 3.94. The smallest absolute Gasteiger partial charge is 0.274 e. The molecular formula is C17H16N2O3S. The van der Waals surface area contributed by atoms with Crippen molar-refractivity contribution in [1.82, 2.24) is 0 Å². The largest absolute Gasteiger partial charge is 0.298 e. The van der Waals surface area contributed by atoms with Gasteiger partial charge in [0.25, 0.3) is 5.91 Å². The number of hydrogen-bond donors (Lipinski definition) is 1. The van der Waals surface area contributed by atoms with Crippen molar-refractivity contribution < 1.29 is 13.2 Å². The van der Waals surface area contributed by atoms with Gasteiger partial charge in [-0.05, 0) is 17.7 Å². The molecule has 118 valence electrons. The van der Waals surface area contributed by atoms with Gasteiger partial charge < -0.3 is 0 Å². The van der Waals surface area contributed by atoms with Gasteiger partial charge in [-0.15, -0.1) is 0 Å². The highest BCUT2D eigenvalue weighted by molar-refractivity contribution is 7.92. The highest BCUT2D eigenvalue weighted by Gasteiger charge is 2.50. The molecule has 5 nitrogen and oxygen atoms in total. The molecule has 1 saturated heterocycles. The number of amides is 1. The summed E-state index contributed by atoms with van der Waals surface area (Å²) in [6.45, 7) is 0. The van der Waals surface area contributed by atoms with Crippen molar-refractivity contribution in [3.05, 3.63) is 66.2 Å². The molecule has 0 bridgehead atoms. The van der Waals surface area contributed by atoms with Crippen LogP contribution in [0.1, 0.15) is 11.6 Å². The first-order valence-electron chi connectivity index (χ1n) is 7.12. The van der Waals surface area contributed by atoms with E-state index in [9.17, 15) is 13.2 Å². The quantitative estimate of drug-likeness (QED) is 0.938. The zero-order valence-corrected chi connectivity index (χ0v) is 13.3. The Balaban J connectivity index is 2.21. The lowest BCUT2D eigenvalue weighted by atomic mass is 10.0. The number of nitrogens with one attached hydrogen (secondary N) is 1. The minimum Gasteiger partial charge on any atom is -0.298 e. The van der Waals surface area contributed by atoms with Crippen molar-refractivity contribution in [3.8, 4) is 0 Å². The Bertz CT molecular complexity index is 848. The van der Waals surface area contributed by atoms with E-state index in [1.54, 1.807) is 48.5 Å². The van der Waals surface area contributed by atoms with Crippen molar-refractivity contribution in [2.24, 2.45) is 0 Å². The Morgan fingerprint density at radius 1 is 0.957 bits per heavy atom. The monoisotopic (exact) mass is 328 g/mol. The molecule has 0 aliphatic carbocycles. The topological polar surface area (TPSA) is 78.3 Å². The summed E-state index contributed by atoms with van der Waals surface area (Å²) in [5, 5.41) is 6.89. The molecule has 0 spiro atoms. The summed E-state index contributed by atoms with van der Waals surface area (Å²) in [5.74, 6) is -0.569. The number of benzene rings is 2. The minimum absolute atomic E-state index is 0.384. The first-order chi connectivity index (χ1) is 10.9. The molecule has 1 amide bonds. The van der Waals surface area contributed by atoms with Gasteiger partial charge >= 0.3 is 0 Å². The molecule has 0 aromatic heterocycles. The number of sulfone groups is 1. The van der Waals surface area contributed by atoms with Gasteiger partial charge in [-0.2, -0.15) is 0 Å². The zero-order chi connectivity index (χ0) is 16.6. The van der Waals surface area contributed by atoms with Crippen LogP contribution in [0.4, 0.5) is 5.69 Å². The van der Waals surface area contributed by atoms with E-state index >= 15 is 0 Å². The zero-order valence-electron chi connectivity index (χ0n) is 12.5. The number of para-hydroxylation sites is 1. The fraction of sp³-hybridized carbons (Fsp3) is 0.176. The molecule has 2 aromatic rings. The predicted octanol–water partition coefficient (Wildman–Crippen LogP) is 2.21. The highest BCUT2D eigenvalue weighted by atomic mass is 32.2. The molecule has 3 rings (SSSR count). The van der Waals surface area contributed by atoms with Crippen LogP contribution < -0.4 is 4.90 Å². The first-order valence-corrected chi connectivity index (χ1v) is 9.07. The summed E-state index contributed by atoms with van der Waals surface area (Å²) in [5.41, 5.74) is 0.898. The number of anilines is 1. The molecule has 0 saturated carbocycles. The van der Waals surface area contributed by atoms with Gasteiger partial charge in [-0.3, -0.25) is 15.1 Å². The number of carbonyl (C=O) groups excluding carboxylic acids is 1. The van der Waals surface area contributed by atoms with E-state index in [1.807, 2.05) is 12.1 Å². The van der Waals surface area contributed by atoms with E-state index in [4.69, 9.17) is 5.41 Å². The van der Waals surface area contributed by atoms with E-state index in [2.05, 4.69) is 0 Å². The van der Waals surface area contributed by atoms with Crippen molar-refractivity contribution >= 4 is 27.1 Å². The Morgan fingerprint density at radius 2 is 1.48 bits per heavy atom.